The first-order valence-corrected chi connectivity index (χ1v) is 5.43. The molecule has 0 radical (unpaired) electrons. The summed E-state index contributed by atoms with van der Waals surface area (Å²) < 4.78 is 24.3. The Hall–Kier alpha value is -0.130. The van der Waals surface area contributed by atoms with Gasteiger partial charge in [0.2, 0.25) is 10.0 Å². The third kappa shape index (κ3) is 2.76. The highest BCUT2D eigenvalue weighted by molar-refractivity contribution is 7.89. The van der Waals surface area contributed by atoms with Gasteiger partial charge in [0, 0.05) is 0 Å². The molecule has 11 heavy (non-hydrogen) atoms. The second-order valence-corrected chi connectivity index (χ2v) is 4.67. The third-order valence-electron chi connectivity index (χ3n) is 1.86. The molecule has 0 spiro atoms. The molecule has 1 saturated heterocycles. The number of likely N-dealkylation sites (tertiary alicyclic amines) is 1. The average molecular weight is 178 g/mol. The van der Waals surface area contributed by atoms with Crippen LogP contribution >= 0.6 is 0 Å². The maximum Gasteiger partial charge on any atom is 0.224 e. The quantitative estimate of drug-likeness (QED) is 0.639. The predicted octanol–water partition coefficient (Wildman–Crippen LogP) is -0.411. The van der Waals surface area contributed by atoms with Gasteiger partial charge in [-0.3, -0.25) is 4.90 Å². The maximum atomic E-state index is 11.0. The molecule has 1 rings (SSSR count). The molecule has 66 valence electrons. The fourth-order valence-electron chi connectivity index (χ4n) is 1.22. The highest BCUT2D eigenvalue weighted by atomic mass is 32.2. The van der Waals surface area contributed by atoms with Crippen molar-refractivity contribution in [2.75, 3.05) is 26.0 Å². The zero-order valence-corrected chi connectivity index (χ0v) is 7.52. The van der Waals surface area contributed by atoms with Crippen molar-refractivity contribution in [3.8, 4) is 0 Å². The van der Waals surface area contributed by atoms with Crippen LogP contribution in [-0.2, 0) is 10.0 Å². The summed E-state index contributed by atoms with van der Waals surface area (Å²) in [5.74, 6) is 0.156. The Morgan fingerprint density at radius 3 is 2.36 bits per heavy atom. The van der Waals surface area contributed by atoms with Crippen molar-refractivity contribution < 1.29 is 8.42 Å². The van der Waals surface area contributed by atoms with Gasteiger partial charge in [-0.2, -0.15) is 0 Å². The second-order valence-electron chi connectivity index (χ2n) is 2.77. The second kappa shape index (κ2) is 3.51. The summed E-state index contributed by atoms with van der Waals surface area (Å²) in [6.45, 7) is 1.84. The Bertz CT molecular complexity index is 207. The van der Waals surface area contributed by atoms with E-state index >= 15 is 0 Å². The standard InChI is InChI=1S/C6H14N2O2S/c1-7-11(9,10)6-8-4-2-3-5-8/h7H,2-6H2,1H3. The van der Waals surface area contributed by atoms with Gasteiger partial charge in [0.15, 0.2) is 0 Å². The van der Waals surface area contributed by atoms with Gasteiger partial charge >= 0.3 is 0 Å². The van der Waals surface area contributed by atoms with Crippen LogP contribution in [-0.4, -0.2) is 39.3 Å². The highest BCUT2D eigenvalue weighted by Gasteiger charge is 2.17. The largest absolute Gasteiger partial charge is 0.289 e. The molecule has 0 saturated carbocycles. The smallest absolute Gasteiger partial charge is 0.224 e. The molecular weight excluding hydrogens is 164 g/mol. The molecule has 0 amide bonds. The minimum absolute atomic E-state index is 0.156. The molecule has 0 aliphatic carbocycles. The van der Waals surface area contributed by atoms with Crippen LogP contribution in [0, 0.1) is 0 Å². The first-order chi connectivity index (χ1) is 5.14. The fraction of sp³-hybridized carbons (Fsp3) is 1.00. The summed E-state index contributed by atoms with van der Waals surface area (Å²) in [6.07, 6.45) is 2.25. The minimum atomic E-state index is -3.03. The van der Waals surface area contributed by atoms with E-state index in [4.69, 9.17) is 0 Å². The van der Waals surface area contributed by atoms with Crippen molar-refractivity contribution >= 4 is 10.0 Å². The van der Waals surface area contributed by atoms with E-state index in [1.54, 1.807) is 0 Å². The molecule has 1 fully saturated rings. The molecular formula is C6H14N2O2S. The molecule has 0 aromatic carbocycles. The van der Waals surface area contributed by atoms with E-state index in [1.165, 1.54) is 7.05 Å². The van der Waals surface area contributed by atoms with Gasteiger partial charge in [-0.15, -0.1) is 0 Å². The number of rotatable bonds is 3. The average Bonchev–Trinajstić information content (AvgIpc) is 2.39. The molecule has 1 N–H and O–H groups in total. The number of nitrogens with zero attached hydrogens (tertiary/aromatic N) is 1. The van der Waals surface area contributed by atoms with E-state index in [2.05, 4.69) is 4.72 Å². The summed E-state index contributed by atoms with van der Waals surface area (Å²) in [4.78, 5) is 1.95. The van der Waals surface area contributed by atoms with Gasteiger partial charge in [0.05, 0.1) is 0 Å². The lowest BCUT2D eigenvalue weighted by Crippen LogP contribution is -2.33. The predicted molar refractivity (Wildman–Crippen MR) is 43.7 cm³/mol. The summed E-state index contributed by atoms with van der Waals surface area (Å²) in [5.41, 5.74) is 0. The van der Waals surface area contributed by atoms with Gasteiger partial charge in [0.1, 0.15) is 5.88 Å². The Labute approximate surface area is 67.6 Å². The van der Waals surface area contributed by atoms with Crippen LogP contribution in [0.15, 0.2) is 0 Å². The molecule has 0 unspecified atom stereocenters. The molecule has 0 bridgehead atoms. The van der Waals surface area contributed by atoms with Gasteiger partial charge in [-0.25, -0.2) is 13.1 Å². The minimum Gasteiger partial charge on any atom is -0.289 e. The Kier molecular flexibility index (Phi) is 2.86. The fourth-order valence-corrected chi connectivity index (χ4v) is 2.08. The van der Waals surface area contributed by atoms with Crippen molar-refractivity contribution in [2.24, 2.45) is 0 Å². The topological polar surface area (TPSA) is 49.4 Å². The molecule has 4 nitrogen and oxygen atoms in total. The summed E-state index contributed by atoms with van der Waals surface area (Å²) >= 11 is 0. The van der Waals surface area contributed by atoms with E-state index in [9.17, 15) is 8.42 Å². The van der Waals surface area contributed by atoms with E-state index in [-0.39, 0.29) is 5.88 Å². The molecule has 1 aliphatic rings. The monoisotopic (exact) mass is 178 g/mol. The Balaban J connectivity index is 2.41. The summed E-state index contributed by atoms with van der Waals surface area (Å²) in [5, 5.41) is 0. The van der Waals surface area contributed by atoms with Crippen molar-refractivity contribution in [3.05, 3.63) is 0 Å². The van der Waals surface area contributed by atoms with Crippen LogP contribution in [0.2, 0.25) is 0 Å². The van der Waals surface area contributed by atoms with E-state index in [0.717, 1.165) is 25.9 Å². The molecule has 0 aromatic rings. The van der Waals surface area contributed by atoms with E-state index in [1.807, 2.05) is 4.90 Å². The molecule has 1 aliphatic heterocycles. The Morgan fingerprint density at radius 2 is 1.91 bits per heavy atom. The van der Waals surface area contributed by atoms with Crippen molar-refractivity contribution in [3.63, 3.8) is 0 Å². The SMILES string of the molecule is CNS(=O)(=O)CN1CCCC1. The van der Waals surface area contributed by atoms with Crippen molar-refractivity contribution in [2.45, 2.75) is 12.8 Å². The number of nitrogens with one attached hydrogen (secondary N) is 1. The normalized spacial score (nSPS) is 20.8. The number of sulfonamides is 1. The zero-order chi connectivity index (χ0) is 8.32. The zero-order valence-electron chi connectivity index (χ0n) is 6.71. The van der Waals surface area contributed by atoms with Gasteiger partial charge in [-0.05, 0) is 33.0 Å². The number of hydrogen-bond acceptors (Lipinski definition) is 3. The highest BCUT2D eigenvalue weighted by Crippen LogP contribution is 2.07. The van der Waals surface area contributed by atoms with Gasteiger partial charge in [-0.1, -0.05) is 0 Å². The molecule has 1 heterocycles. The molecule has 5 heteroatoms. The van der Waals surface area contributed by atoms with Crippen LogP contribution < -0.4 is 4.72 Å². The number of hydrogen-bond donors (Lipinski definition) is 1. The molecule has 0 aromatic heterocycles. The van der Waals surface area contributed by atoms with E-state index < -0.39 is 10.0 Å². The lowest BCUT2D eigenvalue weighted by atomic mass is 10.4. The maximum absolute atomic E-state index is 11.0. The van der Waals surface area contributed by atoms with Crippen LogP contribution in [0.3, 0.4) is 0 Å². The first kappa shape index (κ1) is 8.96. The van der Waals surface area contributed by atoms with Gasteiger partial charge in [0.25, 0.3) is 0 Å². The van der Waals surface area contributed by atoms with Crippen LogP contribution in [0.1, 0.15) is 12.8 Å². The van der Waals surface area contributed by atoms with Gasteiger partial charge < -0.3 is 0 Å². The summed E-state index contributed by atoms with van der Waals surface area (Å²) in [7, 11) is -1.58. The first-order valence-electron chi connectivity index (χ1n) is 3.77. The van der Waals surface area contributed by atoms with Crippen LogP contribution in [0.5, 0.6) is 0 Å². The van der Waals surface area contributed by atoms with Crippen molar-refractivity contribution in [1.82, 2.24) is 9.62 Å². The summed E-state index contributed by atoms with van der Waals surface area (Å²) in [6, 6.07) is 0. The lowest BCUT2D eigenvalue weighted by Gasteiger charge is -2.13. The third-order valence-corrected chi connectivity index (χ3v) is 3.19. The molecule has 0 atom stereocenters. The van der Waals surface area contributed by atoms with Crippen LogP contribution in [0.4, 0.5) is 0 Å². The lowest BCUT2D eigenvalue weighted by molar-refractivity contribution is 0.386. The van der Waals surface area contributed by atoms with Crippen molar-refractivity contribution in [1.29, 1.82) is 0 Å². The van der Waals surface area contributed by atoms with Crippen LogP contribution in [0.25, 0.3) is 0 Å². The Morgan fingerprint density at radius 1 is 1.36 bits per heavy atom. The van der Waals surface area contributed by atoms with E-state index in [0.29, 0.717) is 0 Å².